The first-order valence-corrected chi connectivity index (χ1v) is 6.93. The second kappa shape index (κ2) is 7.06. The number of aromatic nitrogens is 1. The molecule has 0 amide bonds. The number of carboxylic acid groups (broad SMARTS) is 1. The van der Waals surface area contributed by atoms with Gasteiger partial charge in [0.05, 0.1) is 19.3 Å². The number of aromatic hydroxyl groups is 1. The second-order valence-corrected chi connectivity index (χ2v) is 5.30. The third-order valence-corrected chi connectivity index (χ3v) is 3.33. The summed E-state index contributed by atoms with van der Waals surface area (Å²) in [5, 5.41) is 18.4. The molecule has 0 spiro atoms. The van der Waals surface area contributed by atoms with Crippen molar-refractivity contribution in [2.75, 3.05) is 13.6 Å². The number of carboxylic acids is 1. The van der Waals surface area contributed by atoms with Gasteiger partial charge >= 0.3 is 5.97 Å². The number of hydrogen-bond acceptors (Lipinski definition) is 4. The van der Waals surface area contributed by atoms with Crippen LogP contribution in [0.2, 0.25) is 0 Å². The van der Waals surface area contributed by atoms with Crippen molar-refractivity contribution < 1.29 is 19.4 Å². The van der Waals surface area contributed by atoms with Gasteiger partial charge in [-0.3, -0.25) is 14.5 Å². The van der Waals surface area contributed by atoms with E-state index in [0.29, 0.717) is 11.3 Å². The second-order valence-electron chi connectivity index (χ2n) is 5.30. The molecule has 1 aromatic heterocycles. The molecule has 7 heteroatoms. The maximum absolute atomic E-state index is 13.8. The molecule has 2 N–H and O–H groups in total. The van der Waals surface area contributed by atoms with Gasteiger partial charge in [0.15, 0.2) is 5.75 Å². The summed E-state index contributed by atoms with van der Waals surface area (Å²) in [5.41, 5.74) is 0.325. The van der Waals surface area contributed by atoms with E-state index in [2.05, 4.69) is 0 Å². The molecule has 0 aliphatic rings. The number of halogens is 1. The van der Waals surface area contributed by atoms with E-state index in [1.54, 1.807) is 25.2 Å². The van der Waals surface area contributed by atoms with Gasteiger partial charge in [-0.2, -0.15) is 0 Å². The Morgan fingerprint density at radius 3 is 2.70 bits per heavy atom. The van der Waals surface area contributed by atoms with E-state index in [1.165, 1.54) is 27.8 Å². The normalized spacial score (nSPS) is 10.9. The van der Waals surface area contributed by atoms with E-state index < -0.39 is 23.0 Å². The zero-order valence-corrected chi connectivity index (χ0v) is 12.6. The molecule has 0 saturated carbocycles. The van der Waals surface area contributed by atoms with Crippen LogP contribution in [-0.4, -0.2) is 39.2 Å². The average molecular weight is 320 g/mol. The lowest BCUT2D eigenvalue weighted by Crippen LogP contribution is -2.27. The monoisotopic (exact) mass is 320 g/mol. The van der Waals surface area contributed by atoms with Gasteiger partial charge in [0.25, 0.3) is 0 Å². The van der Waals surface area contributed by atoms with Gasteiger partial charge in [-0.1, -0.05) is 18.2 Å². The zero-order chi connectivity index (χ0) is 17.0. The fourth-order valence-corrected chi connectivity index (χ4v) is 2.26. The molecule has 0 saturated heterocycles. The Kier molecular flexibility index (Phi) is 5.13. The molecular weight excluding hydrogens is 303 g/mol. The highest BCUT2D eigenvalue weighted by Gasteiger charge is 2.12. The van der Waals surface area contributed by atoms with E-state index in [4.69, 9.17) is 5.11 Å². The van der Waals surface area contributed by atoms with E-state index >= 15 is 0 Å². The highest BCUT2D eigenvalue weighted by atomic mass is 19.1. The SMILES string of the molecule is CN(CC(=O)O)Cc1cc(=O)c(O)cn1Cc1ccccc1F. The van der Waals surface area contributed by atoms with Crippen molar-refractivity contribution in [1.82, 2.24) is 9.47 Å². The minimum absolute atomic E-state index is 0.122. The van der Waals surface area contributed by atoms with Crippen molar-refractivity contribution in [1.29, 1.82) is 0 Å². The van der Waals surface area contributed by atoms with E-state index in [-0.39, 0.29) is 19.6 Å². The van der Waals surface area contributed by atoms with Gasteiger partial charge < -0.3 is 14.8 Å². The number of nitrogens with zero attached hydrogens (tertiary/aromatic N) is 2. The third kappa shape index (κ3) is 4.40. The fraction of sp³-hybridized carbons (Fsp3) is 0.250. The van der Waals surface area contributed by atoms with E-state index in [0.717, 1.165) is 0 Å². The first kappa shape index (κ1) is 16.7. The Hall–Kier alpha value is -2.67. The van der Waals surface area contributed by atoms with Crippen molar-refractivity contribution in [2.24, 2.45) is 0 Å². The average Bonchev–Trinajstić information content (AvgIpc) is 2.45. The molecular formula is C16H17FN2O4. The predicted molar refractivity (Wildman–Crippen MR) is 81.8 cm³/mol. The third-order valence-electron chi connectivity index (χ3n) is 3.33. The van der Waals surface area contributed by atoms with E-state index in [9.17, 15) is 19.1 Å². The van der Waals surface area contributed by atoms with Crippen molar-refractivity contribution in [3.63, 3.8) is 0 Å². The van der Waals surface area contributed by atoms with Gasteiger partial charge in [-0.25, -0.2) is 4.39 Å². The van der Waals surface area contributed by atoms with Gasteiger partial charge in [-0.15, -0.1) is 0 Å². The molecule has 1 aromatic carbocycles. The first-order valence-electron chi connectivity index (χ1n) is 6.93. The van der Waals surface area contributed by atoms with Crippen LogP contribution in [-0.2, 0) is 17.9 Å². The topological polar surface area (TPSA) is 82.8 Å². The van der Waals surface area contributed by atoms with Crippen LogP contribution < -0.4 is 5.43 Å². The van der Waals surface area contributed by atoms with Crippen molar-refractivity contribution >= 4 is 5.97 Å². The number of aliphatic carboxylic acids is 1. The quantitative estimate of drug-likeness (QED) is 0.837. The Morgan fingerprint density at radius 2 is 2.04 bits per heavy atom. The molecule has 0 aliphatic carbocycles. The summed E-state index contributed by atoms with van der Waals surface area (Å²) in [4.78, 5) is 23.9. The summed E-state index contributed by atoms with van der Waals surface area (Å²) in [6.45, 7) is 0.0990. The predicted octanol–water partition coefficient (Wildman–Crippen LogP) is 1.26. The van der Waals surface area contributed by atoms with Crippen LogP contribution in [0.3, 0.4) is 0 Å². The molecule has 0 unspecified atom stereocenters. The number of pyridine rings is 1. The van der Waals surface area contributed by atoms with Gasteiger partial charge in [-0.05, 0) is 13.1 Å². The standard InChI is InChI=1S/C16H17FN2O4/c1-18(10-16(22)23)8-12-6-14(20)15(21)9-19(12)7-11-4-2-3-5-13(11)17/h2-6,9,21H,7-8,10H2,1H3,(H,22,23). The molecule has 23 heavy (non-hydrogen) atoms. The van der Waals surface area contributed by atoms with Gasteiger partial charge in [0, 0.05) is 23.9 Å². The number of hydrogen-bond donors (Lipinski definition) is 2. The summed E-state index contributed by atoms with van der Waals surface area (Å²) < 4.78 is 15.3. The molecule has 6 nitrogen and oxygen atoms in total. The minimum atomic E-state index is -0.991. The first-order chi connectivity index (χ1) is 10.9. The van der Waals surface area contributed by atoms with Crippen LogP contribution in [0.1, 0.15) is 11.3 Å². The van der Waals surface area contributed by atoms with Gasteiger partial charge in [0.2, 0.25) is 5.43 Å². The smallest absolute Gasteiger partial charge is 0.317 e. The highest BCUT2D eigenvalue weighted by molar-refractivity contribution is 5.69. The van der Waals surface area contributed by atoms with Crippen molar-refractivity contribution in [3.05, 3.63) is 63.8 Å². The van der Waals surface area contributed by atoms with Gasteiger partial charge in [0.1, 0.15) is 5.82 Å². The zero-order valence-electron chi connectivity index (χ0n) is 12.6. The number of carbonyl (C=O) groups is 1. The number of rotatable bonds is 6. The summed E-state index contributed by atoms with van der Waals surface area (Å²) in [6, 6.07) is 7.43. The summed E-state index contributed by atoms with van der Waals surface area (Å²) in [5.74, 6) is -1.82. The highest BCUT2D eigenvalue weighted by Crippen LogP contribution is 2.13. The summed E-state index contributed by atoms with van der Waals surface area (Å²) >= 11 is 0. The van der Waals surface area contributed by atoms with Crippen LogP contribution in [0.4, 0.5) is 4.39 Å². The molecule has 2 rings (SSSR count). The van der Waals surface area contributed by atoms with Crippen LogP contribution in [0, 0.1) is 5.82 Å². The maximum atomic E-state index is 13.8. The molecule has 0 bridgehead atoms. The molecule has 0 atom stereocenters. The number of benzene rings is 1. The lowest BCUT2D eigenvalue weighted by atomic mass is 10.2. The molecule has 2 aromatic rings. The Bertz CT molecular complexity index is 773. The summed E-state index contributed by atoms with van der Waals surface area (Å²) in [7, 11) is 1.60. The van der Waals surface area contributed by atoms with Crippen LogP contribution in [0.15, 0.2) is 41.3 Å². The van der Waals surface area contributed by atoms with Crippen LogP contribution in [0.5, 0.6) is 5.75 Å². The largest absolute Gasteiger partial charge is 0.503 e. The van der Waals surface area contributed by atoms with Crippen LogP contribution >= 0.6 is 0 Å². The van der Waals surface area contributed by atoms with Crippen molar-refractivity contribution in [3.8, 4) is 5.75 Å². The summed E-state index contributed by atoms with van der Waals surface area (Å²) in [6.07, 6.45) is 1.23. The molecule has 0 fully saturated rings. The fourth-order valence-electron chi connectivity index (χ4n) is 2.26. The lowest BCUT2D eigenvalue weighted by Gasteiger charge is -2.19. The molecule has 1 heterocycles. The Morgan fingerprint density at radius 1 is 1.35 bits per heavy atom. The maximum Gasteiger partial charge on any atom is 0.317 e. The Labute approximate surface area is 132 Å². The molecule has 122 valence electrons. The van der Waals surface area contributed by atoms with E-state index in [1.807, 2.05) is 0 Å². The Balaban J connectivity index is 2.34. The van der Waals surface area contributed by atoms with Crippen molar-refractivity contribution in [2.45, 2.75) is 13.1 Å². The molecule has 0 aliphatic heterocycles. The lowest BCUT2D eigenvalue weighted by molar-refractivity contribution is -0.138. The van der Waals surface area contributed by atoms with Crippen LogP contribution in [0.25, 0.3) is 0 Å². The molecule has 0 radical (unpaired) electrons. The number of likely N-dealkylation sites (N-methyl/N-ethyl adjacent to an activating group) is 1. The minimum Gasteiger partial charge on any atom is -0.503 e.